The van der Waals surface area contributed by atoms with Crippen molar-refractivity contribution in [3.8, 4) is 29.0 Å². The summed E-state index contributed by atoms with van der Waals surface area (Å²) in [4.78, 5) is 4.12. The van der Waals surface area contributed by atoms with Gasteiger partial charge in [-0.15, -0.1) is 11.8 Å². The molecule has 2 aromatic rings. The molecule has 0 aliphatic carbocycles. The molecule has 6 heteroatoms. The third-order valence-corrected chi connectivity index (χ3v) is 3.67. The third-order valence-electron chi connectivity index (χ3n) is 2.99. The first kappa shape index (κ1) is 14.7. The lowest BCUT2D eigenvalue weighted by molar-refractivity contribution is 0.415. The van der Waals surface area contributed by atoms with Gasteiger partial charge in [-0.3, -0.25) is 0 Å². The van der Waals surface area contributed by atoms with Gasteiger partial charge >= 0.3 is 0 Å². The normalized spacial score (nSPS) is 9.71. The van der Waals surface area contributed by atoms with E-state index in [1.54, 1.807) is 31.4 Å². The van der Waals surface area contributed by atoms with Crippen molar-refractivity contribution in [2.45, 2.75) is 5.03 Å². The van der Waals surface area contributed by atoms with E-state index in [0.717, 1.165) is 5.56 Å². The molecule has 0 saturated heterocycles. The van der Waals surface area contributed by atoms with Crippen molar-refractivity contribution >= 4 is 17.6 Å². The van der Waals surface area contributed by atoms with Crippen molar-refractivity contribution in [3.05, 3.63) is 35.4 Å². The molecule has 0 saturated carbocycles. The van der Waals surface area contributed by atoms with Crippen LogP contribution in [0.2, 0.25) is 0 Å². The lowest BCUT2D eigenvalue weighted by Crippen LogP contribution is -2.03. The Kier molecular flexibility index (Phi) is 4.32. The number of hydrogen-bond donors (Lipinski definition) is 1. The van der Waals surface area contributed by atoms with Crippen LogP contribution in [-0.2, 0) is 0 Å². The first-order valence-electron chi connectivity index (χ1n) is 5.98. The Balaban J connectivity index is 2.79. The fourth-order valence-corrected chi connectivity index (χ4v) is 2.53. The molecule has 21 heavy (non-hydrogen) atoms. The van der Waals surface area contributed by atoms with Gasteiger partial charge in [0.2, 0.25) is 0 Å². The largest absolute Gasteiger partial charge is 0.497 e. The van der Waals surface area contributed by atoms with Crippen LogP contribution in [0.15, 0.2) is 29.3 Å². The molecule has 1 aromatic carbocycles. The van der Waals surface area contributed by atoms with Crippen LogP contribution in [0.5, 0.6) is 5.75 Å². The Morgan fingerprint density at radius 2 is 1.76 bits per heavy atom. The first-order valence-corrected chi connectivity index (χ1v) is 7.20. The number of methoxy groups -OCH3 is 1. The SMILES string of the molecule is COc1ccc(-c2c(C#N)c(N)nc(SC)c2C#N)cc1. The first-order chi connectivity index (χ1) is 10.2. The van der Waals surface area contributed by atoms with E-state index < -0.39 is 0 Å². The summed E-state index contributed by atoms with van der Waals surface area (Å²) in [5.74, 6) is 0.828. The lowest BCUT2D eigenvalue weighted by atomic mass is 9.97. The zero-order valence-electron chi connectivity index (χ0n) is 11.5. The average Bonchev–Trinajstić information content (AvgIpc) is 2.53. The number of nitrogen functional groups attached to an aromatic ring is 1. The molecule has 2 rings (SSSR count). The number of pyridine rings is 1. The van der Waals surface area contributed by atoms with Crippen LogP contribution in [0, 0.1) is 22.7 Å². The minimum Gasteiger partial charge on any atom is -0.497 e. The van der Waals surface area contributed by atoms with E-state index in [4.69, 9.17) is 10.5 Å². The zero-order valence-corrected chi connectivity index (χ0v) is 12.4. The summed E-state index contributed by atoms with van der Waals surface area (Å²) < 4.78 is 5.12. The minimum absolute atomic E-state index is 0.131. The summed E-state index contributed by atoms with van der Waals surface area (Å²) >= 11 is 1.32. The highest BCUT2D eigenvalue weighted by Gasteiger charge is 2.19. The second-order valence-electron chi connectivity index (χ2n) is 4.08. The smallest absolute Gasteiger partial charge is 0.143 e. The number of nitrogens with two attached hydrogens (primary N) is 1. The lowest BCUT2D eigenvalue weighted by Gasteiger charge is -2.12. The number of benzene rings is 1. The van der Waals surface area contributed by atoms with Crippen LogP contribution in [0.4, 0.5) is 5.82 Å². The Labute approximate surface area is 127 Å². The Bertz CT molecular complexity index is 757. The van der Waals surface area contributed by atoms with Gasteiger partial charge in [-0.1, -0.05) is 12.1 Å². The van der Waals surface area contributed by atoms with Crippen molar-refractivity contribution in [2.24, 2.45) is 0 Å². The topological polar surface area (TPSA) is 95.7 Å². The summed E-state index contributed by atoms with van der Waals surface area (Å²) in [6.45, 7) is 0. The predicted molar refractivity (Wildman–Crippen MR) is 81.8 cm³/mol. The molecule has 2 N–H and O–H groups in total. The van der Waals surface area contributed by atoms with Gasteiger partial charge in [-0.2, -0.15) is 10.5 Å². The molecular weight excluding hydrogens is 284 g/mol. The number of aromatic nitrogens is 1. The molecule has 0 fully saturated rings. The predicted octanol–water partition coefficient (Wildman–Crippen LogP) is 2.80. The second-order valence-corrected chi connectivity index (χ2v) is 4.88. The number of hydrogen-bond acceptors (Lipinski definition) is 6. The van der Waals surface area contributed by atoms with Gasteiger partial charge in [-0.25, -0.2) is 4.98 Å². The minimum atomic E-state index is 0.131. The van der Waals surface area contributed by atoms with Crippen LogP contribution < -0.4 is 10.5 Å². The van der Waals surface area contributed by atoms with Crippen molar-refractivity contribution in [1.82, 2.24) is 4.98 Å². The molecule has 0 aliphatic heterocycles. The number of anilines is 1. The van der Waals surface area contributed by atoms with E-state index in [9.17, 15) is 10.5 Å². The highest BCUT2D eigenvalue weighted by Crippen LogP contribution is 2.35. The third kappa shape index (κ3) is 2.62. The van der Waals surface area contributed by atoms with Gasteiger partial charge < -0.3 is 10.5 Å². The number of nitriles is 2. The van der Waals surface area contributed by atoms with Gasteiger partial charge in [-0.05, 0) is 24.0 Å². The molecule has 0 atom stereocenters. The number of ether oxygens (including phenoxy) is 1. The highest BCUT2D eigenvalue weighted by atomic mass is 32.2. The monoisotopic (exact) mass is 296 g/mol. The molecule has 1 heterocycles. The van der Waals surface area contributed by atoms with Crippen LogP contribution in [0.1, 0.15) is 11.1 Å². The summed E-state index contributed by atoms with van der Waals surface area (Å²) in [6, 6.07) is 11.3. The van der Waals surface area contributed by atoms with Crippen LogP contribution in [0.3, 0.4) is 0 Å². The van der Waals surface area contributed by atoms with Crippen LogP contribution in [0.25, 0.3) is 11.1 Å². The quantitative estimate of drug-likeness (QED) is 0.875. The van der Waals surface area contributed by atoms with E-state index in [2.05, 4.69) is 11.1 Å². The van der Waals surface area contributed by atoms with Crippen molar-refractivity contribution in [2.75, 3.05) is 19.1 Å². The Hall–Kier alpha value is -2.70. The number of rotatable bonds is 3. The number of thioether (sulfide) groups is 1. The number of nitrogens with zero attached hydrogens (tertiary/aromatic N) is 3. The average molecular weight is 296 g/mol. The van der Waals surface area contributed by atoms with Gasteiger partial charge in [0.05, 0.1) is 12.7 Å². The molecule has 0 radical (unpaired) electrons. The van der Waals surface area contributed by atoms with Crippen LogP contribution in [-0.4, -0.2) is 18.3 Å². The maximum atomic E-state index is 9.43. The zero-order chi connectivity index (χ0) is 15.4. The molecule has 104 valence electrons. The fraction of sp³-hybridized carbons (Fsp3) is 0.133. The van der Waals surface area contributed by atoms with Gasteiger partial charge in [0.25, 0.3) is 0 Å². The van der Waals surface area contributed by atoms with Gasteiger partial charge in [0.15, 0.2) is 0 Å². The van der Waals surface area contributed by atoms with E-state index >= 15 is 0 Å². The van der Waals surface area contributed by atoms with Crippen molar-refractivity contribution in [3.63, 3.8) is 0 Å². The van der Waals surface area contributed by atoms with E-state index in [-0.39, 0.29) is 11.4 Å². The van der Waals surface area contributed by atoms with E-state index in [1.165, 1.54) is 11.8 Å². The summed E-state index contributed by atoms with van der Waals surface area (Å²) in [5.41, 5.74) is 7.66. The molecule has 1 aromatic heterocycles. The molecular formula is C15H12N4OS. The summed E-state index contributed by atoms with van der Waals surface area (Å²) in [6.07, 6.45) is 1.81. The van der Waals surface area contributed by atoms with Crippen molar-refractivity contribution < 1.29 is 4.74 Å². The molecule has 0 spiro atoms. The maximum Gasteiger partial charge on any atom is 0.143 e. The summed E-state index contributed by atoms with van der Waals surface area (Å²) in [7, 11) is 1.58. The molecule has 0 bridgehead atoms. The van der Waals surface area contributed by atoms with E-state index in [1.807, 2.05) is 12.3 Å². The van der Waals surface area contributed by atoms with Gasteiger partial charge in [0.1, 0.15) is 34.3 Å². The Morgan fingerprint density at radius 1 is 1.14 bits per heavy atom. The van der Waals surface area contributed by atoms with Gasteiger partial charge in [0, 0.05) is 5.56 Å². The molecule has 0 amide bonds. The maximum absolute atomic E-state index is 9.43. The van der Waals surface area contributed by atoms with E-state index in [0.29, 0.717) is 21.9 Å². The van der Waals surface area contributed by atoms with Crippen molar-refractivity contribution in [1.29, 1.82) is 10.5 Å². The molecule has 0 aliphatic rings. The fourth-order valence-electron chi connectivity index (χ4n) is 1.99. The molecule has 5 nitrogen and oxygen atoms in total. The second kappa shape index (κ2) is 6.17. The standard InChI is InChI=1S/C15H12N4OS/c1-20-10-5-3-9(4-6-10)13-11(7-16)14(18)19-15(21-2)12(13)8-17/h3-6H,1-2H3,(H2,18,19). The highest BCUT2D eigenvalue weighted by molar-refractivity contribution is 7.98. The summed E-state index contributed by atoms with van der Waals surface area (Å²) in [5, 5.41) is 19.3. The van der Waals surface area contributed by atoms with Crippen LogP contribution >= 0.6 is 11.8 Å². The molecule has 0 unspecified atom stereocenters. The Morgan fingerprint density at radius 3 is 2.24 bits per heavy atom.